The zero-order valence-electron chi connectivity index (χ0n) is 29.9. The van der Waals surface area contributed by atoms with E-state index in [9.17, 15) is 31.4 Å². The van der Waals surface area contributed by atoms with Gasteiger partial charge >= 0.3 is 12.7 Å². The van der Waals surface area contributed by atoms with Crippen LogP contribution in [0.5, 0.6) is 17.4 Å². The van der Waals surface area contributed by atoms with Crippen molar-refractivity contribution < 1.29 is 55.9 Å². The van der Waals surface area contributed by atoms with Crippen molar-refractivity contribution in [3.05, 3.63) is 90.3 Å². The third-order valence-corrected chi connectivity index (χ3v) is 9.19. The fourth-order valence-electron chi connectivity index (χ4n) is 6.26. The number of aliphatic hydroxyl groups is 3. The zero-order valence-corrected chi connectivity index (χ0v) is 30.7. The monoisotopic (exact) mass is 822 g/mol. The van der Waals surface area contributed by atoms with Crippen molar-refractivity contribution in [2.24, 2.45) is 0 Å². The number of fused-ring (bicyclic) bond motifs is 2. The number of alkyl halides is 6. The van der Waals surface area contributed by atoms with E-state index in [1.54, 1.807) is 36.4 Å². The lowest BCUT2D eigenvalue weighted by molar-refractivity contribution is -0.275. The molecule has 6 aromatic rings. The second kappa shape index (κ2) is 18.0. The van der Waals surface area contributed by atoms with Crippen molar-refractivity contribution in [1.29, 1.82) is 0 Å². The van der Waals surface area contributed by atoms with Crippen LogP contribution in [-0.2, 0) is 0 Å². The molecule has 0 atom stereocenters. The maximum Gasteiger partial charge on any atom is 0.573 e. The van der Waals surface area contributed by atoms with Crippen LogP contribution in [0, 0.1) is 0 Å². The van der Waals surface area contributed by atoms with Crippen LogP contribution in [-0.4, -0.2) is 81.7 Å². The quantitative estimate of drug-likeness (QED) is 0.140. The summed E-state index contributed by atoms with van der Waals surface area (Å²) in [5.41, 5.74) is 3.09. The Labute approximate surface area is 326 Å². The average Bonchev–Trinajstić information content (AvgIpc) is 3.77. The maximum atomic E-state index is 12.5. The van der Waals surface area contributed by atoms with Gasteiger partial charge in [-0.1, -0.05) is 35.9 Å². The van der Waals surface area contributed by atoms with E-state index in [0.29, 0.717) is 52.5 Å². The third-order valence-electron chi connectivity index (χ3n) is 8.99. The summed E-state index contributed by atoms with van der Waals surface area (Å²) in [6.45, 7) is 0. The fraction of sp³-hybridized carbons (Fsp3) is 0.368. The van der Waals surface area contributed by atoms with Crippen LogP contribution in [0.15, 0.2) is 85.2 Å². The van der Waals surface area contributed by atoms with Gasteiger partial charge in [-0.2, -0.15) is 5.10 Å². The Morgan fingerprint density at radius 2 is 1.02 bits per heavy atom. The first-order chi connectivity index (χ1) is 27.1. The molecule has 0 radical (unpaired) electrons. The smallest absolute Gasteiger partial charge is 0.473 e. The lowest BCUT2D eigenvalue weighted by atomic mass is 9.95. The summed E-state index contributed by atoms with van der Waals surface area (Å²) >= 11 is 5.82. The number of aliphatic hydroxyl groups excluding tert-OH is 3. The van der Waals surface area contributed by atoms with Crippen molar-refractivity contribution in [2.75, 3.05) is 0 Å². The molecule has 0 spiro atoms. The van der Waals surface area contributed by atoms with E-state index in [1.165, 1.54) is 57.8 Å². The van der Waals surface area contributed by atoms with Crippen LogP contribution in [0.25, 0.3) is 33.8 Å². The number of rotatable bonds is 6. The number of imidazole rings is 2. The van der Waals surface area contributed by atoms with E-state index in [1.807, 2.05) is 0 Å². The number of halogens is 7. The molecule has 0 aliphatic heterocycles. The Bertz CT molecular complexity index is 2230. The van der Waals surface area contributed by atoms with Crippen molar-refractivity contribution in [1.82, 2.24) is 29.2 Å². The first-order valence-electron chi connectivity index (χ1n) is 17.9. The summed E-state index contributed by atoms with van der Waals surface area (Å²) in [6, 6.07) is 17.9. The number of ether oxygens (including phenoxy) is 3. The highest BCUT2D eigenvalue weighted by molar-refractivity contribution is 6.29. The van der Waals surface area contributed by atoms with E-state index in [2.05, 4.69) is 29.6 Å². The molecule has 4 aromatic heterocycles. The predicted molar refractivity (Wildman–Crippen MR) is 195 cm³/mol. The average molecular weight is 823 g/mol. The molecule has 57 heavy (non-hydrogen) atoms. The zero-order chi connectivity index (χ0) is 40.7. The van der Waals surface area contributed by atoms with Gasteiger partial charge in [0.05, 0.1) is 42.1 Å². The number of nitrogens with zero attached hydrogens (tertiary/aromatic N) is 6. The molecular weight excluding hydrogens is 786 g/mol. The Hall–Kier alpha value is -5.17. The Kier molecular flexibility index (Phi) is 13.1. The molecular formula is C38H37ClF6N6O6. The van der Waals surface area contributed by atoms with Crippen molar-refractivity contribution in [3.8, 4) is 39.9 Å². The minimum absolute atomic E-state index is 0.0242. The molecule has 4 heterocycles. The van der Waals surface area contributed by atoms with E-state index in [-0.39, 0.29) is 41.1 Å². The fourth-order valence-corrected chi connectivity index (χ4v) is 6.40. The molecule has 0 unspecified atom stereocenters. The van der Waals surface area contributed by atoms with Gasteiger partial charge in [0, 0.05) is 17.2 Å². The Balaban J connectivity index is 0.000000166. The van der Waals surface area contributed by atoms with E-state index in [4.69, 9.17) is 26.6 Å². The molecule has 2 saturated carbocycles. The lowest BCUT2D eigenvalue weighted by Gasteiger charge is -2.25. The minimum Gasteiger partial charge on any atom is -0.473 e. The molecule has 0 saturated heterocycles. The highest BCUT2D eigenvalue weighted by atomic mass is 35.5. The van der Waals surface area contributed by atoms with Gasteiger partial charge in [0.1, 0.15) is 22.8 Å². The third kappa shape index (κ3) is 11.9. The molecule has 304 valence electrons. The van der Waals surface area contributed by atoms with Crippen LogP contribution < -0.4 is 14.2 Å². The van der Waals surface area contributed by atoms with Gasteiger partial charge in [0.25, 0.3) is 0 Å². The van der Waals surface area contributed by atoms with Gasteiger partial charge in [-0.05, 0) is 93.8 Å². The minimum atomic E-state index is -4.76. The lowest BCUT2D eigenvalue weighted by Crippen LogP contribution is -2.26. The van der Waals surface area contributed by atoms with Crippen molar-refractivity contribution in [2.45, 2.75) is 88.5 Å². The van der Waals surface area contributed by atoms with Crippen LogP contribution in [0.2, 0.25) is 5.15 Å². The topological polar surface area (TPSA) is 149 Å². The van der Waals surface area contributed by atoms with E-state index < -0.39 is 12.7 Å². The molecule has 12 nitrogen and oxygen atoms in total. The second-order valence-corrected chi connectivity index (χ2v) is 13.7. The van der Waals surface area contributed by atoms with Gasteiger partial charge in [0.15, 0.2) is 11.3 Å². The van der Waals surface area contributed by atoms with Gasteiger partial charge in [-0.3, -0.25) is 0 Å². The largest absolute Gasteiger partial charge is 0.573 e. The highest BCUT2D eigenvalue weighted by Gasteiger charge is 2.32. The summed E-state index contributed by atoms with van der Waals surface area (Å²) in [6.07, 6.45) is -1.05. The Morgan fingerprint density at radius 1 is 0.579 bits per heavy atom. The van der Waals surface area contributed by atoms with Gasteiger partial charge in [-0.25, -0.2) is 19.0 Å². The predicted octanol–water partition coefficient (Wildman–Crippen LogP) is 8.21. The first kappa shape index (κ1) is 41.5. The number of aromatic nitrogens is 6. The summed E-state index contributed by atoms with van der Waals surface area (Å²) in [7, 11) is 0. The number of hydrogen-bond acceptors (Lipinski definition) is 10. The Morgan fingerprint density at radius 3 is 1.49 bits per heavy atom. The molecule has 8 rings (SSSR count). The summed E-state index contributed by atoms with van der Waals surface area (Å²) in [5.74, 6) is -0.221. The van der Waals surface area contributed by atoms with Crippen LogP contribution >= 0.6 is 11.6 Å². The molecule has 2 fully saturated rings. The van der Waals surface area contributed by atoms with Gasteiger partial charge in [0.2, 0.25) is 5.88 Å². The molecule has 2 aromatic carbocycles. The van der Waals surface area contributed by atoms with Crippen LogP contribution in [0.4, 0.5) is 26.3 Å². The van der Waals surface area contributed by atoms with Gasteiger partial charge < -0.3 is 29.5 Å². The summed E-state index contributed by atoms with van der Waals surface area (Å²) < 4.78 is 91.0. The molecule has 3 N–H and O–H groups in total. The SMILES string of the molecule is FC(F)(F)Oc1cccc(-c2cnc3ccc(Cl)nn23)c1.OC1CCC(O)CC1.OC1CCC(Oc2ccc3ncc(-c4cccc(OC(F)(F)F)c4)n3n2)CC1. The first-order valence-corrected chi connectivity index (χ1v) is 18.2. The second-order valence-electron chi connectivity index (χ2n) is 13.3. The molecule has 0 amide bonds. The van der Waals surface area contributed by atoms with Crippen molar-refractivity contribution >= 4 is 22.9 Å². The molecule has 0 bridgehead atoms. The highest BCUT2D eigenvalue weighted by Crippen LogP contribution is 2.31. The van der Waals surface area contributed by atoms with Crippen LogP contribution in [0.1, 0.15) is 51.4 Å². The van der Waals surface area contributed by atoms with E-state index >= 15 is 0 Å². The van der Waals surface area contributed by atoms with Crippen LogP contribution in [0.3, 0.4) is 0 Å². The van der Waals surface area contributed by atoms with Crippen molar-refractivity contribution in [3.63, 3.8) is 0 Å². The molecule has 2 aliphatic carbocycles. The van der Waals surface area contributed by atoms with E-state index in [0.717, 1.165) is 38.5 Å². The molecule has 2 aliphatic rings. The standard InChI is InChI=1S/C19H18F3N3O3.C13H7ClF3N3O.C6H12O2/c20-19(21,22)28-15-3-1-2-12(10-15)16-11-23-17-8-9-18(24-25(16)17)27-14-6-4-13(26)5-7-14;14-11-4-5-12-18-7-10(20(12)19-11)8-2-1-3-9(6-8)21-13(15,16)17;7-5-1-2-6(8)4-3-5/h1-3,8-11,13-14,26H,4-7H2;1-7H;5-8H,1-4H2. The normalized spacial score (nSPS) is 19.9. The summed E-state index contributed by atoms with van der Waals surface area (Å²) in [4.78, 5) is 8.37. The molecule has 19 heteroatoms. The number of hydrogen-bond donors (Lipinski definition) is 3. The van der Waals surface area contributed by atoms with Gasteiger partial charge in [-0.15, -0.1) is 31.4 Å². The summed E-state index contributed by atoms with van der Waals surface area (Å²) in [5, 5.41) is 36.2. The number of benzene rings is 2. The maximum absolute atomic E-state index is 12.5.